The number of benzene rings is 3. The lowest BCUT2D eigenvalue weighted by molar-refractivity contribution is 0.272. The first-order chi connectivity index (χ1) is 20.3. The van der Waals surface area contributed by atoms with Gasteiger partial charge in [-0.25, -0.2) is 0 Å². The highest BCUT2D eigenvalue weighted by Gasteiger charge is 2.72. The molecule has 1 aliphatic rings. The first-order valence-electron chi connectivity index (χ1n) is 13.3. The minimum absolute atomic E-state index is 0.268. The monoisotopic (exact) mass is 641 g/mol. The molecule has 228 valence electrons. The van der Waals surface area contributed by atoms with Crippen molar-refractivity contribution in [2.45, 2.75) is 20.8 Å². The van der Waals surface area contributed by atoms with Crippen molar-refractivity contribution >= 4 is 23.7 Å². The summed E-state index contributed by atoms with van der Waals surface area (Å²) in [6.07, 6.45) is 0. The van der Waals surface area contributed by atoms with E-state index in [4.69, 9.17) is 45.9 Å². The van der Waals surface area contributed by atoms with Crippen molar-refractivity contribution in [3.8, 4) is 34.5 Å². The van der Waals surface area contributed by atoms with Crippen LogP contribution in [0, 0.1) is 0 Å². The summed E-state index contributed by atoms with van der Waals surface area (Å²) >= 11 is 0. The Labute approximate surface area is 248 Å². The molecule has 0 fully saturated rings. The molecule has 3 atom stereocenters. The summed E-state index contributed by atoms with van der Waals surface area (Å²) in [5.41, 5.74) is 0. The van der Waals surface area contributed by atoms with Crippen LogP contribution in [0.1, 0.15) is 20.8 Å². The first kappa shape index (κ1) is 32.3. The number of nitrogens with zero attached hydrogens (tertiary/aromatic N) is 1. The standard InChI is InChI=1S/C27H38N3O9P3/c1-7-34-40(37-25-16-10-22(31-4)11-17-25)28-41(35-8-2,38-26-18-12-23(32-5)13-19-26)30-42(29-40,36-9-3)39-27-20-14-24(33-6)15-21-27/h10-21,28-29H,7-9H2,1-6H3/q+2. The highest BCUT2D eigenvalue weighted by atomic mass is 31.3. The Balaban J connectivity index is 1.86. The predicted molar refractivity (Wildman–Crippen MR) is 165 cm³/mol. The Morgan fingerprint density at radius 2 is 1.05 bits per heavy atom. The van der Waals surface area contributed by atoms with Gasteiger partial charge in [0, 0.05) is 4.52 Å². The van der Waals surface area contributed by atoms with Gasteiger partial charge in [0.15, 0.2) is 11.5 Å². The zero-order valence-electron chi connectivity index (χ0n) is 24.5. The fourth-order valence-corrected chi connectivity index (χ4v) is 14.1. The minimum Gasteiger partial charge on any atom is -0.497 e. The predicted octanol–water partition coefficient (Wildman–Crippen LogP) is 7.85. The quantitative estimate of drug-likeness (QED) is 0.158. The van der Waals surface area contributed by atoms with E-state index >= 15 is 0 Å². The van der Waals surface area contributed by atoms with Crippen molar-refractivity contribution in [1.82, 2.24) is 9.72 Å². The largest absolute Gasteiger partial charge is 0.571 e. The first-order valence-corrected chi connectivity index (χ1v) is 18.1. The van der Waals surface area contributed by atoms with Crippen molar-refractivity contribution in [3.05, 3.63) is 72.8 Å². The smallest absolute Gasteiger partial charge is 0.497 e. The second-order valence-electron chi connectivity index (χ2n) is 8.44. The zero-order valence-corrected chi connectivity index (χ0v) is 27.2. The summed E-state index contributed by atoms with van der Waals surface area (Å²) in [5, 5.41) is 0. The summed E-state index contributed by atoms with van der Waals surface area (Å²) in [5.74, 6) is 3.54. The summed E-state index contributed by atoms with van der Waals surface area (Å²) < 4.78 is 59.6. The highest BCUT2D eigenvalue weighted by molar-refractivity contribution is 7.88. The molecule has 12 nitrogen and oxygen atoms in total. The van der Waals surface area contributed by atoms with E-state index in [1.807, 2.05) is 20.8 Å². The van der Waals surface area contributed by atoms with Crippen molar-refractivity contribution in [1.29, 1.82) is 0 Å². The van der Waals surface area contributed by atoms with E-state index in [-0.39, 0.29) is 19.8 Å². The molecular weight excluding hydrogens is 603 g/mol. The average Bonchev–Trinajstić information content (AvgIpc) is 2.98. The van der Waals surface area contributed by atoms with Gasteiger partial charge in [-0.3, -0.25) is 13.6 Å². The Bertz CT molecular complexity index is 1330. The molecule has 15 heteroatoms. The lowest BCUT2D eigenvalue weighted by Gasteiger charge is -2.33. The number of rotatable bonds is 15. The van der Waals surface area contributed by atoms with Crippen molar-refractivity contribution in [3.63, 3.8) is 0 Å². The van der Waals surface area contributed by atoms with Crippen LogP contribution in [0.15, 0.2) is 77.3 Å². The molecule has 1 heterocycles. The molecule has 42 heavy (non-hydrogen) atoms. The second kappa shape index (κ2) is 14.7. The second-order valence-corrected chi connectivity index (χ2v) is 15.3. The van der Waals surface area contributed by atoms with E-state index in [1.165, 1.54) is 0 Å². The van der Waals surface area contributed by atoms with Crippen LogP contribution in [-0.2, 0) is 13.6 Å². The van der Waals surface area contributed by atoms with Crippen molar-refractivity contribution in [2.75, 3.05) is 41.2 Å². The van der Waals surface area contributed by atoms with Gasteiger partial charge in [-0.05, 0) is 98.4 Å². The Morgan fingerprint density at radius 3 is 1.50 bits per heavy atom. The van der Waals surface area contributed by atoms with Crippen LogP contribution >= 0.6 is 23.7 Å². The van der Waals surface area contributed by atoms with Crippen LogP contribution in [0.5, 0.6) is 34.5 Å². The molecule has 0 bridgehead atoms. The van der Waals surface area contributed by atoms with E-state index in [1.54, 1.807) is 94.1 Å². The lowest BCUT2D eigenvalue weighted by atomic mass is 10.3. The van der Waals surface area contributed by atoms with Gasteiger partial charge in [-0.1, -0.05) is 0 Å². The normalized spacial score (nSPS) is 23.4. The molecule has 0 radical (unpaired) electrons. The Morgan fingerprint density at radius 1 is 0.595 bits per heavy atom. The van der Waals surface area contributed by atoms with Gasteiger partial charge in [-0.2, -0.15) is 9.05 Å². The van der Waals surface area contributed by atoms with Crippen LogP contribution in [-0.4, -0.2) is 41.2 Å². The molecule has 2 N–H and O–H groups in total. The van der Waals surface area contributed by atoms with Crippen molar-refractivity contribution < 1.29 is 41.4 Å². The van der Waals surface area contributed by atoms with Gasteiger partial charge in [0.05, 0.1) is 46.0 Å². The number of hydrogen-bond acceptors (Lipinski definition) is 12. The van der Waals surface area contributed by atoms with Crippen LogP contribution in [0.25, 0.3) is 0 Å². The highest BCUT2D eigenvalue weighted by Crippen LogP contribution is 2.80. The summed E-state index contributed by atoms with van der Waals surface area (Å²) in [6, 6.07) is 21.4. The number of hydrogen-bond donors (Lipinski definition) is 2. The SMILES string of the molecule is CCOP1(Oc2ccc(OC)cc2)=N[P+](OCC)(Oc2ccc(OC)cc2)N[P+](OCC)(Oc2ccc(OC)cc2)N1. The molecule has 3 unspecified atom stereocenters. The van der Waals surface area contributed by atoms with Gasteiger partial charge < -0.3 is 18.7 Å². The Hall–Kier alpha value is -2.65. The van der Waals surface area contributed by atoms with E-state index in [0.29, 0.717) is 34.5 Å². The molecule has 4 rings (SSSR count). The third kappa shape index (κ3) is 8.04. The third-order valence-electron chi connectivity index (χ3n) is 5.54. The van der Waals surface area contributed by atoms with Gasteiger partial charge in [0.2, 0.25) is 0 Å². The van der Waals surface area contributed by atoms with E-state index in [2.05, 4.69) is 9.72 Å². The molecule has 3 aromatic rings. The summed E-state index contributed by atoms with van der Waals surface area (Å²) in [4.78, 5) is 6.79. The maximum atomic E-state index is 6.58. The lowest BCUT2D eigenvalue weighted by Crippen LogP contribution is -2.38. The fourth-order valence-electron chi connectivity index (χ4n) is 3.79. The van der Waals surface area contributed by atoms with Crippen molar-refractivity contribution in [2.24, 2.45) is 4.52 Å². The van der Waals surface area contributed by atoms with E-state index < -0.39 is 23.7 Å². The van der Waals surface area contributed by atoms with Crippen LogP contribution in [0.3, 0.4) is 0 Å². The topological polar surface area (TPSA) is 119 Å². The third-order valence-corrected chi connectivity index (χ3v) is 14.8. The number of methoxy groups -OCH3 is 3. The molecule has 1 aliphatic heterocycles. The van der Waals surface area contributed by atoms with Gasteiger partial charge in [0.25, 0.3) is 0 Å². The molecule has 0 spiro atoms. The molecule has 0 saturated heterocycles. The molecule has 0 amide bonds. The van der Waals surface area contributed by atoms with E-state index in [9.17, 15) is 0 Å². The molecular formula is C27H38N3O9P3+2. The molecule has 0 saturated carbocycles. The van der Waals surface area contributed by atoms with Crippen LogP contribution in [0.2, 0.25) is 0 Å². The van der Waals surface area contributed by atoms with Gasteiger partial charge >= 0.3 is 23.7 Å². The summed E-state index contributed by atoms with van der Waals surface area (Å²) in [7, 11) is -5.37. The average molecular weight is 642 g/mol. The van der Waals surface area contributed by atoms with Gasteiger partial charge in [-0.15, -0.1) is 0 Å². The number of ether oxygens (including phenoxy) is 3. The maximum Gasteiger partial charge on any atom is 0.571 e. The van der Waals surface area contributed by atoms with Crippen LogP contribution in [0.4, 0.5) is 0 Å². The van der Waals surface area contributed by atoms with E-state index in [0.717, 1.165) is 0 Å². The molecule has 0 aliphatic carbocycles. The Kier molecular flexibility index (Phi) is 11.3. The molecule has 0 aromatic heterocycles. The fraction of sp³-hybridized carbons (Fsp3) is 0.333. The van der Waals surface area contributed by atoms with Crippen LogP contribution < -0.4 is 37.5 Å². The number of nitrogens with one attached hydrogen (secondary N) is 2. The summed E-state index contributed by atoms with van der Waals surface area (Å²) in [6.45, 7) is 6.40. The maximum absolute atomic E-state index is 6.58. The minimum atomic E-state index is -3.42. The molecule has 3 aromatic carbocycles. The van der Waals surface area contributed by atoms with Gasteiger partial charge in [0.1, 0.15) is 23.0 Å². The zero-order chi connectivity index (χ0) is 30.1.